The van der Waals surface area contributed by atoms with Gasteiger partial charge in [-0.05, 0) is 38.1 Å². The summed E-state index contributed by atoms with van der Waals surface area (Å²) in [6, 6.07) is 7.49. The Kier molecular flexibility index (Phi) is 16.1. The van der Waals surface area contributed by atoms with Crippen LogP contribution in [0.3, 0.4) is 0 Å². The third-order valence-electron chi connectivity index (χ3n) is 5.78. The van der Waals surface area contributed by atoms with E-state index in [9.17, 15) is 9.59 Å². The van der Waals surface area contributed by atoms with Crippen LogP contribution in [-0.4, -0.2) is 70.4 Å². The highest BCUT2D eigenvalue weighted by Gasteiger charge is 2.13. The molecule has 0 bridgehead atoms. The zero-order valence-corrected chi connectivity index (χ0v) is 30.0. The lowest BCUT2D eigenvalue weighted by molar-refractivity contribution is 0.0689. The number of amides is 1. The Bertz CT molecular complexity index is 1970. The number of fused-ring (bicyclic) bond motifs is 2. The van der Waals surface area contributed by atoms with Crippen molar-refractivity contribution in [2.45, 2.75) is 21.3 Å². The standard InChI is InChI=1S/C14H12ClN5O2.C9H11N3O.C5H3ClN2O2.CH4.2BrH/c1-8-3-9-4-10(12(22-2)7-20(9)19-8)18-14(21)11-5-17-13(15)6-16-11;1-6-3-7-4-8(10)9(13-2)5-12(7)11-6;6-4-2-7-3(1-8-4)5(9)10;;;/h3-7H,1-2H3,(H,18,21);3-5H,10H2,1-2H3;1-2H,(H,9,10);1H4;2*1H. The van der Waals surface area contributed by atoms with E-state index in [1.165, 1.54) is 25.7 Å². The fraction of sp³-hybridized carbons (Fsp3) is 0.172. The number of carboxylic acids is 1. The molecule has 0 fully saturated rings. The van der Waals surface area contributed by atoms with Crippen LogP contribution in [0.5, 0.6) is 11.5 Å². The van der Waals surface area contributed by atoms with Crippen LogP contribution < -0.4 is 20.5 Å². The first-order chi connectivity index (χ1) is 21.5. The van der Waals surface area contributed by atoms with Crippen LogP contribution in [-0.2, 0) is 0 Å². The van der Waals surface area contributed by atoms with Crippen molar-refractivity contribution >= 4 is 91.4 Å². The Hall–Kier alpha value is -4.58. The summed E-state index contributed by atoms with van der Waals surface area (Å²) in [5.74, 6) is -0.367. The summed E-state index contributed by atoms with van der Waals surface area (Å²) in [6.07, 6.45) is 8.39. The Labute approximate surface area is 306 Å². The van der Waals surface area contributed by atoms with Gasteiger partial charge in [0, 0.05) is 0 Å². The lowest BCUT2D eigenvalue weighted by Gasteiger charge is -2.10. The predicted molar refractivity (Wildman–Crippen MR) is 194 cm³/mol. The second kappa shape index (κ2) is 18.7. The Balaban J connectivity index is 0.000000381. The van der Waals surface area contributed by atoms with Crippen LogP contribution in [0.2, 0.25) is 10.3 Å². The minimum absolute atomic E-state index is 0. The minimum Gasteiger partial charge on any atom is -0.493 e. The minimum atomic E-state index is -1.11. The third kappa shape index (κ3) is 10.7. The summed E-state index contributed by atoms with van der Waals surface area (Å²) in [5, 5.41) is 20.0. The van der Waals surface area contributed by atoms with Gasteiger partial charge in [-0.2, -0.15) is 10.2 Å². The molecule has 6 aromatic rings. The largest absolute Gasteiger partial charge is 0.493 e. The lowest BCUT2D eigenvalue weighted by Crippen LogP contribution is -2.15. The molecule has 19 heteroatoms. The van der Waals surface area contributed by atoms with Crippen molar-refractivity contribution in [3.63, 3.8) is 0 Å². The van der Waals surface area contributed by atoms with Crippen LogP contribution in [0.1, 0.15) is 39.8 Å². The number of methoxy groups -OCH3 is 2. The molecule has 0 atom stereocenters. The van der Waals surface area contributed by atoms with Gasteiger partial charge in [0.2, 0.25) is 0 Å². The average Bonchev–Trinajstić information content (AvgIpc) is 3.56. The number of pyridine rings is 2. The van der Waals surface area contributed by atoms with E-state index in [0.29, 0.717) is 22.9 Å². The number of hydrogen-bond donors (Lipinski definition) is 3. The SMILES string of the molecule is Br.Br.C.COc1cn2nc(C)cc2cc1N.COc1cn2nc(C)cc2cc1NC(=O)c1cnc(Cl)cn1.O=C(O)c1cnc(Cl)cn1. The number of anilines is 2. The number of carboxylic acid groups (broad SMARTS) is 1. The zero-order chi connectivity index (χ0) is 32.7. The number of ether oxygens (including phenoxy) is 2. The van der Waals surface area contributed by atoms with Gasteiger partial charge in [0.15, 0.2) is 17.2 Å². The van der Waals surface area contributed by atoms with Gasteiger partial charge in [-0.15, -0.1) is 34.0 Å². The van der Waals surface area contributed by atoms with Crippen molar-refractivity contribution in [3.05, 3.63) is 94.5 Å². The Morgan fingerprint density at radius 2 is 1.25 bits per heavy atom. The molecule has 0 aromatic carbocycles. The molecule has 0 unspecified atom stereocenters. The quantitative estimate of drug-likeness (QED) is 0.178. The van der Waals surface area contributed by atoms with E-state index < -0.39 is 11.9 Å². The summed E-state index contributed by atoms with van der Waals surface area (Å²) in [7, 11) is 3.11. The smallest absolute Gasteiger partial charge is 0.356 e. The van der Waals surface area contributed by atoms with E-state index in [0.717, 1.165) is 28.6 Å². The molecule has 6 rings (SSSR count). The van der Waals surface area contributed by atoms with Gasteiger partial charge in [-0.1, -0.05) is 30.6 Å². The number of rotatable bonds is 5. The fourth-order valence-electron chi connectivity index (χ4n) is 3.78. The summed E-state index contributed by atoms with van der Waals surface area (Å²) >= 11 is 11.0. The number of hydrogen-bond acceptors (Lipinski definition) is 11. The predicted octanol–water partition coefficient (Wildman–Crippen LogP) is 6.20. The van der Waals surface area contributed by atoms with Crippen molar-refractivity contribution in [3.8, 4) is 11.5 Å². The number of aryl methyl sites for hydroxylation is 2. The zero-order valence-electron chi connectivity index (χ0n) is 25.1. The number of halogens is 4. The number of aromatic carboxylic acids is 1. The summed E-state index contributed by atoms with van der Waals surface area (Å²) in [6.45, 7) is 3.83. The average molecular weight is 831 g/mol. The van der Waals surface area contributed by atoms with Gasteiger partial charge < -0.3 is 25.6 Å². The number of nitrogens with two attached hydrogens (primary N) is 1. The van der Waals surface area contributed by atoms with Gasteiger partial charge in [0.25, 0.3) is 5.91 Å². The lowest BCUT2D eigenvalue weighted by atomic mass is 10.3. The molecule has 0 aliphatic rings. The normalized spacial score (nSPS) is 9.71. The van der Waals surface area contributed by atoms with Crippen LogP contribution in [0, 0.1) is 13.8 Å². The Morgan fingerprint density at radius 1 is 0.771 bits per heavy atom. The number of nitrogens with zero attached hydrogens (tertiary/aromatic N) is 8. The molecule has 0 radical (unpaired) electrons. The van der Waals surface area contributed by atoms with E-state index in [2.05, 4.69) is 35.5 Å². The van der Waals surface area contributed by atoms with E-state index in [1.807, 2.05) is 32.0 Å². The van der Waals surface area contributed by atoms with E-state index >= 15 is 0 Å². The number of carbonyl (C=O) groups excluding carboxylic acids is 1. The van der Waals surface area contributed by atoms with Crippen LogP contribution >= 0.6 is 57.2 Å². The topological polar surface area (TPSA) is 197 Å². The number of nitrogen functional groups attached to an aromatic ring is 1. The second-order valence-corrected chi connectivity index (χ2v) is 9.85. The Morgan fingerprint density at radius 3 is 1.71 bits per heavy atom. The summed E-state index contributed by atoms with van der Waals surface area (Å²) < 4.78 is 13.8. The van der Waals surface area contributed by atoms with Crippen molar-refractivity contribution in [2.75, 3.05) is 25.3 Å². The highest BCUT2D eigenvalue weighted by atomic mass is 79.9. The van der Waals surface area contributed by atoms with Crippen LogP contribution in [0.4, 0.5) is 11.4 Å². The molecule has 256 valence electrons. The molecule has 15 nitrogen and oxygen atoms in total. The monoisotopic (exact) mass is 828 g/mol. The number of nitrogens with one attached hydrogen (secondary N) is 1. The van der Waals surface area contributed by atoms with Gasteiger partial charge in [-0.3, -0.25) is 4.79 Å². The van der Waals surface area contributed by atoms with Crippen molar-refractivity contribution in [2.24, 2.45) is 0 Å². The molecular weight excluding hydrogens is 799 g/mol. The number of carbonyl (C=O) groups is 2. The maximum atomic E-state index is 12.2. The summed E-state index contributed by atoms with van der Waals surface area (Å²) in [4.78, 5) is 37.1. The van der Waals surface area contributed by atoms with Crippen LogP contribution in [0.25, 0.3) is 11.0 Å². The molecule has 0 aliphatic heterocycles. The fourth-order valence-corrected chi connectivity index (χ4v) is 3.98. The van der Waals surface area contributed by atoms with Gasteiger partial charge in [0.05, 0.1) is 85.2 Å². The van der Waals surface area contributed by atoms with Crippen molar-refractivity contribution in [1.82, 2.24) is 39.2 Å². The van der Waals surface area contributed by atoms with Gasteiger partial charge in [-0.25, -0.2) is 33.8 Å². The van der Waals surface area contributed by atoms with Crippen molar-refractivity contribution in [1.29, 1.82) is 0 Å². The van der Waals surface area contributed by atoms with E-state index in [-0.39, 0.29) is 63.1 Å². The van der Waals surface area contributed by atoms with Gasteiger partial charge in [0.1, 0.15) is 16.0 Å². The maximum absolute atomic E-state index is 12.2. The van der Waals surface area contributed by atoms with E-state index in [4.69, 9.17) is 43.5 Å². The second-order valence-electron chi connectivity index (χ2n) is 9.07. The van der Waals surface area contributed by atoms with Crippen molar-refractivity contribution < 1.29 is 24.2 Å². The van der Waals surface area contributed by atoms with Gasteiger partial charge >= 0.3 is 5.97 Å². The first-order valence-corrected chi connectivity index (χ1v) is 13.6. The molecule has 0 aliphatic carbocycles. The molecule has 6 heterocycles. The molecule has 0 spiro atoms. The first-order valence-electron chi connectivity index (χ1n) is 12.8. The molecule has 0 saturated heterocycles. The molecule has 4 N–H and O–H groups in total. The highest BCUT2D eigenvalue weighted by Crippen LogP contribution is 2.27. The third-order valence-corrected chi connectivity index (χ3v) is 6.17. The maximum Gasteiger partial charge on any atom is 0.356 e. The molecule has 48 heavy (non-hydrogen) atoms. The summed E-state index contributed by atoms with van der Waals surface area (Å²) in [5.41, 5.74) is 10.6. The molecule has 6 aromatic heterocycles. The molecule has 1 amide bonds. The molecule has 0 saturated carbocycles. The first kappa shape index (κ1) is 41.4. The highest BCUT2D eigenvalue weighted by molar-refractivity contribution is 8.93. The molecular formula is C29H32Br2Cl2N10O5. The number of aromatic nitrogens is 8. The van der Waals surface area contributed by atoms with E-state index in [1.54, 1.807) is 34.6 Å². The van der Waals surface area contributed by atoms with Crippen LogP contribution in [0.15, 0.2) is 61.4 Å².